The summed E-state index contributed by atoms with van der Waals surface area (Å²) in [6.45, 7) is 3.32. The van der Waals surface area contributed by atoms with E-state index in [2.05, 4.69) is 21.1 Å². The smallest absolute Gasteiger partial charge is 0.319 e. The zero-order valence-corrected chi connectivity index (χ0v) is 25.9. The van der Waals surface area contributed by atoms with E-state index in [1.807, 2.05) is 4.90 Å². The number of aryl methyl sites for hydroxylation is 1. The lowest BCUT2D eigenvalue weighted by atomic mass is 9.95. The van der Waals surface area contributed by atoms with Gasteiger partial charge in [-0.25, -0.2) is 22.5 Å². The summed E-state index contributed by atoms with van der Waals surface area (Å²) in [7, 11) is 0. The van der Waals surface area contributed by atoms with Crippen LogP contribution >= 0.6 is 0 Å². The van der Waals surface area contributed by atoms with Crippen molar-refractivity contribution in [2.75, 3.05) is 37.7 Å². The summed E-state index contributed by atoms with van der Waals surface area (Å²) >= 11 is 0. The van der Waals surface area contributed by atoms with E-state index in [0.717, 1.165) is 19.4 Å². The van der Waals surface area contributed by atoms with Crippen LogP contribution in [0.3, 0.4) is 0 Å². The van der Waals surface area contributed by atoms with E-state index in [-0.39, 0.29) is 65.1 Å². The molecule has 4 atom stereocenters. The van der Waals surface area contributed by atoms with Gasteiger partial charge in [-0.1, -0.05) is 18.9 Å². The van der Waals surface area contributed by atoms with Crippen molar-refractivity contribution >= 4 is 27.5 Å². The Kier molecular flexibility index (Phi) is 7.00. The van der Waals surface area contributed by atoms with Crippen LogP contribution in [0.15, 0.2) is 24.3 Å². The lowest BCUT2D eigenvalue weighted by Gasteiger charge is -2.43. The Labute approximate surface area is 269 Å². The quantitative estimate of drug-likeness (QED) is 0.166. The molecule has 0 amide bonds. The number of pyridine rings is 1. The fraction of sp³-hybridized carbons (Fsp3) is 0.457. The van der Waals surface area contributed by atoms with Crippen molar-refractivity contribution in [1.82, 2.24) is 25.2 Å². The van der Waals surface area contributed by atoms with Crippen molar-refractivity contribution in [2.24, 2.45) is 0 Å². The third-order valence-corrected chi connectivity index (χ3v) is 10.6. The van der Waals surface area contributed by atoms with Gasteiger partial charge in [0.1, 0.15) is 41.4 Å². The number of phenols is 1. The highest BCUT2D eigenvalue weighted by molar-refractivity contribution is 6.03. The van der Waals surface area contributed by atoms with Gasteiger partial charge in [-0.3, -0.25) is 10.2 Å². The molecule has 2 aromatic carbocycles. The van der Waals surface area contributed by atoms with E-state index in [1.54, 1.807) is 6.92 Å². The fourth-order valence-electron chi connectivity index (χ4n) is 8.15. The maximum absolute atomic E-state index is 17.0. The molecule has 0 radical (unpaired) electrons. The monoisotopic (exact) mass is 646 g/mol. The number of benzene rings is 2. The molecule has 0 aliphatic carbocycles. The molecule has 4 aliphatic rings. The average molecular weight is 647 g/mol. The third kappa shape index (κ3) is 4.77. The maximum Gasteiger partial charge on any atom is 0.319 e. The minimum atomic E-state index is -1.69. The zero-order valence-electron chi connectivity index (χ0n) is 25.9. The van der Waals surface area contributed by atoms with Crippen molar-refractivity contribution in [1.29, 1.82) is 0 Å². The van der Waals surface area contributed by atoms with Crippen LogP contribution in [0.4, 0.5) is 23.4 Å². The number of ether oxygens (including phenoxy) is 1. The predicted molar refractivity (Wildman–Crippen MR) is 170 cm³/mol. The Morgan fingerprint density at radius 3 is 2.85 bits per heavy atom. The summed E-state index contributed by atoms with van der Waals surface area (Å²) in [5.74, 6) is -0.668. The topological polar surface area (TPSA) is 86.6 Å². The number of hydrogen-bond donors (Lipinski definition) is 2. The first kappa shape index (κ1) is 30.1. The summed E-state index contributed by atoms with van der Waals surface area (Å²) in [6.07, 6.45) is 7.95. The van der Waals surface area contributed by atoms with Gasteiger partial charge >= 0.3 is 6.01 Å². The number of anilines is 1. The predicted octanol–water partition coefficient (Wildman–Crippen LogP) is 5.57. The van der Waals surface area contributed by atoms with E-state index in [0.29, 0.717) is 54.6 Å². The van der Waals surface area contributed by atoms with E-state index in [9.17, 15) is 13.9 Å². The van der Waals surface area contributed by atoms with E-state index in [1.165, 1.54) is 24.3 Å². The highest BCUT2D eigenvalue weighted by Crippen LogP contribution is 2.44. The van der Waals surface area contributed by atoms with Crippen LogP contribution in [0.25, 0.3) is 32.9 Å². The molecule has 3 saturated heterocycles. The highest BCUT2D eigenvalue weighted by atomic mass is 19.2. The Morgan fingerprint density at radius 1 is 1.19 bits per heavy atom. The Balaban J connectivity index is 1.34. The van der Waals surface area contributed by atoms with E-state index in [4.69, 9.17) is 21.1 Å². The Morgan fingerprint density at radius 2 is 2.04 bits per heavy atom. The number of nitrogens with one attached hydrogen (secondary N) is 1. The van der Waals surface area contributed by atoms with Crippen LogP contribution in [0.1, 0.15) is 50.3 Å². The third-order valence-electron chi connectivity index (χ3n) is 10.6. The summed E-state index contributed by atoms with van der Waals surface area (Å²) in [6, 6.07) is 5.14. The number of aromatic hydroxyl groups is 1. The molecule has 0 spiro atoms. The van der Waals surface area contributed by atoms with Gasteiger partial charge in [0.05, 0.1) is 28.7 Å². The van der Waals surface area contributed by atoms with Crippen LogP contribution in [-0.4, -0.2) is 81.3 Å². The average Bonchev–Trinajstić information content (AvgIpc) is 3.54. The molecular formula is C35H34F4N6O2. The van der Waals surface area contributed by atoms with E-state index < -0.39 is 29.1 Å². The molecule has 3 fully saturated rings. The normalized spacial score (nSPS) is 27.1. The first-order valence-electron chi connectivity index (χ1n) is 16.2. The highest BCUT2D eigenvalue weighted by Gasteiger charge is 2.49. The number of aromatic nitrogens is 3. The molecule has 6 heterocycles. The lowest BCUT2D eigenvalue weighted by molar-refractivity contribution is 0.0888. The number of nitrogens with zero attached hydrogens (tertiary/aromatic N) is 5. The molecule has 4 aliphatic heterocycles. The Hall–Kier alpha value is -4.21. The maximum atomic E-state index is 17.0. The van der Waals surface area contributed by atoms with Crippen LogP contribution in [-0.2, 0) is 6.42 Å². The fourth-order valence-corrected chi connectivity index (χ4v) is 8.15. The number of rotatable bonds is 5. The number of alkyl halides is 2. The first-order chi connectivity index (χ1) is 22.6. The van der Waals surface area contributed by atoms with Crippen molar-refractivity contribution in [2.45, 2.75) is 69.0 Å². The minimum absolute atomic E-state index is 0.0220. The van der Waals surface area contributed by atoms with Crippen LogP contribution in [0, 0.1) is 24.0 Å². The van der Waals surface area contributed by atoms with Gasteiger partial charge in [-0.15, -0.1) is 6.42 Å². The number of terminal acetylenes is 1. The largest absolute Gasteiger partial charge is 0.508 e. The Bertz CT molecular complexity index is 1990. The van der Waals surface area contributed by atoms with Crippen LogP contribution < -0.4 is 15.0 Å². The van der Waals surface area contributed by atoms with Crippen molar-refractivity contribution in [3.8, 4) is 35.4 Å². The lowest BCUT2D eigenvalue weighted by Crippen LogP contribution is -2.62. The molecule has 8 nitrogen and oxygen atoms in total. The molecule has 2 aromatic heterocycles. The van der Waals surface area contributed by atoms with Crippen molar-refractivity contribution < 1.29 is 27.4 Å². The minimum Gasteiger partial charge on any atom is -0.508 e. The molecule has 0 saturated carbocycles. The van der Waals surface area contributed by atoms with Crippen molar-refractivity contribution in [3.63, 3.8) is 0 Å². The van der Waals surface area contributed by atoms with Gasteiger partial charge in [0.2, 0.25) is 0 Å². The second-order valence-electron chi connectivity index (χ2n) is 13.3. The summed E-state index contributed by atoms with van der Waals surface area (Å²) in [4.78, 5) is 18.1. The van der Waals surface area contributed by atoms with Crippen LogP contribution in [0.2, 0.25) is 0 Å². The molecule has 2 N–H and O–H groups in total. The molecule has 8 rings (SSSR count). The molecule has 4 aromatic rings. The van der Waals surface area contributed by atoms with Gasteiger partial charge in [0.25, 0.3) is 0 Å². The molecule has 244 valence electrons. The zero-order chi connectivity index (χ0) is 32.7. The van der Waals surface area contributed by atoms with Gasteiger partial charge in [-0.2, -0.15) is 9.97 Å². The number of fused-ring (bicyclic) bond motifs is 4. The molecule has 12 heteroatoms. The number of hydrogen-bond acceptors (Lipinski definition) is 8. The number of halogens is 4. The molecule has 0 unspecified atom stereocenters. The number of phenolic OH excluding ortho intramolecular Hbond substituents is 1. The van der Waals surface area contributed by atoms with Gasteiger partial charge in [0.15, 0.2) is 11.6 Å². The van der Waals surface area contributed by atoms with Gasteiger partial charge in [0, 0.05) is 36.5 Å². The van der Waals surface area contributed by atoms with Gasteiger partial charge < -0.3 is 14.7 Å². The first-order valence-corrected chi connectivity index (χ1v) is 16.2. The van der Waals surface area contributed by atoms with E-state index >= 15 is 8.78 Å². The summed E-state index contributed by atoms with van der Waals surface area (Å²) in [5, 5.41) is 14.7. The van der Waals surface area contributed by atoms with Crippen molar-refractivity contribution in [3.05, 3.63) is 47.2 Å². The molecule has 47 heavy (non-hydrogen) atoms. The summed E-state index contributed by atoms with van der Waals surface area (Å²) in [5.41, 5.74) is -0.223. The van der Waals surface area contributed by atoms with Crippen LogP contribution in [0.5, 0.6) is 11.8 Å². The SMILES string of the molecule is C#Cc1c(F)ccc2cc(O)cc(-c3nc4c5c(nc(OC[C@@]67CCCN6C[C@H](F)C7)nc5c3F)N3C[C@@](F)(CC)NC[C@H]3CC4)c12. The number of piperazine rings is 1. The summed E-state index contributed by atoms with van der Waals surface area (Å²) < 4.78 is 68.6. The van der Waals surface area contributed by atoms with Gasteiger partial charge in [-0.05, 0) is 62.2 Å². The standard InChI is InChI=1S/C35H34F4N6O2/c1-3-23-25(37)8-6-19-12-22(46)13-24(27(19)23)30-29(38)31-28-26(41-30)9-7-21-15-40-35(39,4-2)17-45(21)32(28)43-33(42-31)47-18-34-10-5-11-44(34)16-20(36)14-34/h1,6,8,12-13,20-21,40,46H,4-5,7,9-11,14-18H2,2H3/t20-,21-,34+,35-/m1/s1. The second-order valence-corrected chi connectivity index (χ2v) is 13.3. The second kappa shape index (κ2) is 10.9. The molecule has 0 bridgehead atoms. The molecular weight excluding hydrogens is 612 g/mol.